The third-order valence-electron chi connectivity index (χ3n) is 4.79. The molecule has 0 spiro atoms. The molecule has 0 fully saturated rings. The second-order valence-corrected chi connectivity index (χ2v) is 8.16. The van der Waals surface area contributed by atoms with E-state index in [4.69, 9.17) is 9.84 Å². The first-order chi connectivity index (χ1) is 14.7. The van der Waals surface area contributed by atoms with Crippen LogP contribution in [-0.2, 0) is 17.4 Å². The molecule has 4 nitrogen and oxygen atoms in total. The van der Waals surface area contributed by atoms with E-state index in [9.17, 15) is 18.0 Å². The Morgan fingerprint density at radius 2 is 1.81 bits per heavy atom. The number of carboxylic acid groups (broad SMARTS) is 1. The number of benzene rings is 2. The average molecular weight is 449 g/mol. The van der Waals surface area contributed by atoms with Crippen molar-refractivity contribution in [1.82, 2.24) is 4.98 Å². The van der Waals surface area contributed by atoms with Gasteiger partial charge in [0.1, 0.15) is 5.75 Å². The van der Waals surface area contributed by atoms with Gasteiger partial charge in [0.25, 0.3) is 0 Å². The van der Waals surface area contributed by atoms with E-state index in [0.717, 1.165) is 34.9 Å². The van der Waals surface area contributed by atoms with Crippen LogP contribution in [0.1, 0.15) is 41.8 Å². The summed E-state index contributed by atoms with van der Waals surface area (Å²) >= 11 is 1.47. The summed E-state index contributed by atoms with van der Waals surface area (Å²) in [5, 5.41) is 11.6. The highest BCUT2D eigenvalue weighted by Crippen LogP contribution is 2.31. The number of thiazole rings is 1. The molecule has 0 saturated heterocycles. The van der Waals surface area contributed by atoms with Crippen molar-refractivity contribution in [2.75, 3.05) is 6.61 Å². The van der Waals surface area contributed by atoms with E-state index < -0.39 is 17.7 Å². The first kappa shape index (κ1) is 22.8. The van der Waals surface area contributed by atoms with E-state index in [1.54, 1.807) is 0 Å². The minimum absolute atomic E-state index is 0.0599. The lowest BCUT2D eigenvalue weighted by atomic mass is 9.98. The van der Waals surface area contributed by atoms with Gasteiger partial charge >= 0.3 is 12.1 Å². The van der Waals surface area contributed by atoms with Crippen molar-refractivity contribution >= 4 is 17.3 Å². The van der Waals surface area contributed by atoms with Gasteiger partial charge in [-0.2, -0.15) is 13.2 Å². The van der Waals surface area contributed by atoms with Gasteiger partial charge in [-0.05, 0) is 42.2 Å². The van der Waals surface area contributed by atoms with Gasteiger partial charge < -0.3 is 9.84 Å². The largest absolute Gasteiger partial charge is 0.494 e. The normalized spacial score (nSPS) is 12.5. The Hall–Kier alpha value is -2.87. The zero-order chi connectivity index (χ0) is 22.4. The second-order valence-electron chi connectivity index (χ2n) is 7.22. The topological polar surface area (TPSA) is 59.4 Å². The van der Waals surface area contributed by atoms with Crippen LogP contribution in [0.2, 0.25) is 0 Å². The fourth-order valence-electron chi connectivity index (χ4n) is 3.07. The molecule has 0 radical (unpaired) electrons. The van der Waals surface area contributed by atoms with Crippen LogP contribution < -0.4 is 4.74 Å². The Morgan fingerprint density at radius 3 is 2.42 bits per heavy atom. The molecular weight excluding hydrogens is 427 g/mol. The van der Waals surface area contributed by atoms with E-state index in [0.29, 0.717) is 24.3 Å². The quantitative estimate of drug-likeness (QED) is 0.383. The molecule has 1 atom stereocenters. The van der Waals surface area contributed by atoms with Crippen LogP contribution in [0.5, 0.6) is 5.75 Å². The maximum absolute atomic E-state index is 12.7. The van der Waals surface area contributed by atoms with Crippen LogP contribution >= 0.6 is 11.3 Å². The lowest BCUT2D eigenvalue weighted by molar-refractivity contribution is -0.138. The monoisotopic (exact) mass is 449 g/mol. The molecule has 3 aromatic rings. The van der Waals surface area contributed by atoms with Crippen LogP contribution in [-0.4, -0.2) is 22.7 Å². The number of aliphatic carboxylic acids is 1. The molecule has 1 unspecified atom stereocenters. The number of nitrogens with zero attached hydrogens (tertiary/aromatic N) is 1. The maximum atomic E-state index is 12.7. The molecule has 1 heterocycles. The summed E-state index contributed by atoms with van der Waals surface area (Å²) in [6.07, 6.45) is -2.80. The predicted octanol–water partition coefficient (Wildman–Crippen LogP) is 6.42. The third-order valence-corrected chi connectivity index (χ3v) is 5.70. The fourth-order valence-corrected chi connectivity index (χ4v) is 3.92. The molecule has 0 aliphatic heterocycles. The number of alkyl halides is 3. The number of aromatic nitrogens is 1. The van der Waals surface area contributed by atoms with Crippen LogP contribution in [0.25, 0.3) is 11.3 Å². The number of ether oxygens (including phenoxy) is 1. The van der Waals surface area contributed by atoms with Crippen LogP contribution in [0.3, 0.4) is 0 Å². The smallest absolute Gasteiger partial charge is 0.416 e. The van der Waals surface area contributed by atoms with Gasteiger partial charge in [0.2, 0.25) is 0 Å². The summed E-state index contributed by atoms with van der Waals surface area (Å²) < 4.78 is 43.8. The highest BCUT2D eigenvalue weighted by atomic mass is 32.1. The molecule has 31 heavy (non-hydrogen) atoms. The van der Waals surface area contributed by atoms with E-state index in [1.807, 2.05) is 36.6 Å². The number of hydrogen-bond donors (Lipinski definition) is 1. The van der Waals surface area contributed by atoms with E-state index >= 15 is 0 Å². The summed E-state index contributed by atoms with van der Waals surface area (Å²) in [6, 6.07) is 12.4. The first-order valence-corrected chi connectivity index (χ1v) is 10.7. The van der Waals surface area contributed by atoms with Crippen molar-refractivity contribution in [1.29, 1.82) is 0 Å². The third kappa shape index (κ3) is 6.55. The fraction of sp³-hybridized carbons (Fsp3) is 0.304. The van der Waals surface area contributed by atoms with Gasteiger partial charge in [0.15, 0.2) is 0 Å². The molecule has 0 saturated carbocycles. The Balaban J connectivity index is 1.46. The summed E-state index contributed by atoms with van der Waals surface area (Å²) in [7, 11) is 0. The first-order valence-electron chi connectivity index (χ1n) is 9.79. The van der Waals surface area contributed by atoms with Crippen molar-refractivity contribution in [2.24, 2.45) is 0 Å². The highest BCUT2D eigenvalue weighted by Gasteiger charge is 2.30. The molecule has 1 N–H and O–H groups in total. The molecule has 1 aromatic heterocycles. The Labute approximate surface area is 182 Å². The van der Waals surface area contributed by atoms with Crippen LogP contribution in [0.4, 0.5) is 13.2 Å². The van der Waals surface area contributed by atoms with Gasteiger partial charge in [-0.1, -0.05) is 31.2 Å². The van der Waals surface area contributed by atoms with Gasteiger partial charge in [0, 0.05) is 17.4 Å². The lowest BCUT2D eigenvalue weighted by Crippen LogP contribution is -2.04. The van der Waals surface area contributed by atoms with Gasteiger partial charge in [-0.15, -0.1) is 11.3 Å². The standard InChI is InChI=1S/C23H22F3NO3S/c1-15(13-22(28)29)16-6-10-19(11-7-16)30-12-2-3-21-27-20(14-31-21)17-4-8-18(9-5-17)23(24,25)26/h4-11,14-15H,2-3,12-13H2,1H3,(H,28,29). The molecule has 164 valence electrons. The number of hydrogen-bond acceptors (Lipinski definition) is 4. The minimum atomic E-state index is -4.34. The second kappa shape index (κ2) is 9.96. The number of aryl methyl sites for hydroxylation is 1. The van der Waals surface area contributed by atoms with Crippen molar-refractivity contribution in [3.05, 3.63) is 70.0 Å². The van der Waals surface area contributed by atoms with Crippen molar-refractivity contribution in [3.8, 4) is 17.0 Å². The molecule has 8 heteroatoms. The highest BCUT2D eigenvalue weighted by molar-refractivity contribution is 7.09. The number of carbonyl (C=O) groups is 1. The lowest BCUT2D eigenvalue weighted by Gasteiger charge is -2.10. The summed E-state index contributed by atoms with van der Waals surface area (Å²) in [5.74, 6) is -0.164. The molecule has 0 bridgehead atoms. The molecule has 0 amide bonds. The number of rotatable bonds is 9. The van der Waals surface area contributed by atoms with Crippen molar-refractivity contribution < 1.29 is 27.8 Å². The molecule has 0 aliphatic rings. The molecule has 0 aliphatic carbocycles. The molecular formula is C23H22F3NO3S. The minimum Gasteiger partial charge on any atom is -0.494 e. The van der Waals surface area contributed by atoms with Crippen LogP contribution in [0, 0.1) is 0 Å². The predicted molar refractivity (Wildman–Crippen MR) is 113 cm³/mol. The van der Waals surface area contributed by atoms with E-state index in [1.165, 1.54) is 23.5 Å². The average Bonchev–Trinajstić information content (AvgIpc) is 3.19. The van der Waals surface area contributed by atoms with Crippen molar-refractivity contribution in [2.45, 2.75) is 38.3 Å². The summed E-state index contributed by atoms with van der Waals surface area (Å²) in [6.45, 7) is 2.37. The Bertz CT molecular complexity index is 998. The van der Waals surface area contributed by atoms with Gasteiger partial charge in [-0.25, -0.2) is 4.98 Å². The van der Waals surface area contributed by atoms with Crippen molar-refractivity contribution in [3.63, 3.8) is 0 Å². The summed E-state index contributed by atoms with van der Waals surface area (Å²) in [4.78, 5) is 15.3. The molecule has 3 rings (SSSR count). The van der Waals surface area contributed by atoms with E-state index in [2.05, 4.69) is 4.98 Å². The number of halogens is 3. The summed E-state index contributed by atoms with van der Waals surface area (Å²) in [5.41, 5.74) is 1.60. The number of carboxylic acids is 1. The molecule has 2 aromatic carbocycles. The zero-order valence-corrected chi connectivity index (χ0v) is 17.7. The van der Waals surface area contributed by atoms with Gasteiger partial charge in [0.05, 0.1) is 29.3 Å². The van der Waals surface area contributed by atoms with Crippen LogP contribution in [0.15, 0.2) is 53.9 Å². The Morgan fingerprint density at radius 1 is 1.13 bits per heavy atom. The van der Waals surface area contributed by atoms with E-state index in [-0.39, 0.29) is 12.3 Å². The van der Waals surface area contributed by atoms with Gasteiger partial charge in [-0.3, -0.25) is 4.79 Å². The maximum Gasteiger partial charge on any atom is 0.416 e. The SMILES string of the molecule is CC(CC(=O)O)c1ccc(OCCCc2nc(-c3ccc(C(F)(F)F)cc3)cs2)cc1. The Kier molecular flexibility index (Phi) is 7.33. The zero-order valence-electron chi connectivity index (χ0n) is 16.9.